The Hall–Kier alpha value is -1.90. The molecular formula is C19H20N2O3S3. The minimum absolute atomic E-state index is 0.103. The Morgan fingerprint density at radius 2 is 1.89 bits per heavy atom. The zero-order valence-corrected chi connectivity index (χ0v) is 17.7. The molecule has 1 N–H and O–H groups in total. The number of aromatic nitrogens is 1. The number of hydrogen-bond acceptors (Lipinski definition) is 6. The lowest BCUT2D eigenvalue weighted by molar-refractivity contribution is 0.101. The molecule has 2 aromatic carbocycles. The number of sulfonamides is 1. The number of Topliss-reactive ketones (excluding diaryl/α,β-unsaturated/α-hetero) is 1. The number of anilines is 1. The number of thiazole rings is 1. The molecule has 0 fully saturated rings. The molecule has 0 bridgehead atoms. The Bertz CT molecular complexity index is 1070. The predicted octanol–water partition coefficient (Wildman–Crippen LogP) is 5.05. The molecule has 1 heterocycles. The van der Waals surface area contributed by atoms with Crippen LogP contribution < -0.4 is 4.72 Å². The van der Waals surface area contributed by atoms with Crippen LogP contribution in [0.5, 0.6) is 0 Å². The first-order valence-electron chi connectivity index (χ1n) is 8.42. The molecule has 0 aliphatic rings. The van der Waals surface area contributed by atoms with Gasteiger partial charge in [0.25, 0.3) is 10.0 Å². The SMILES string of the molecule is CC(=O)c1ccc(S(=O)(=O)Nc2ccc3nc(SCC(C)C)sc3c2)cc1. The third-order valence-electron chi connectivity index (χ3n) is 3.73. The van der Waals surface area contributed by atoms with Crippen LogP contribution in [0.3, 0.4) is 0 Å². The zero-order chi connectivity index (χ0) is 19.6. The van der Waals surface area contributed by atoms with Crippen LogP contribution in [-0.4, -0.2) is 24.9 Å². The molecule has 27 heavy (non-hydrogen) atoms. The second kappa shape index (κ2) is 8.00. The fourth-order valence-corrected chi connectivity index (χ4v) is 5.48. The number of carbonyl (C=O) groups is 1. The highest BCUT2D eigenvalue weighted by Gasteiger charge is 2.15. The van der Waals surface area contributed by atoms with Gasteiger partial charge in [-0.1, -0.05) is 37.7 Å². The summed E-state index contributed by atoms with van der Waals surface area (Å²) in [4.78, 5) is 16.0. The fraction of sp³-hybridized carbons (Fsp3) is 0.263. The van der Waals surface area contributed by atoms with E-state index in [0.29, 0.717) is 17.2 Å². The van der Waals surface area contributed by atoms with Crippen LogP contribution in [0.1, 0.15) is 31.1 Å². The molecule has 0 atom stereocenters. The van der Waals surface area contributed by atoms with Crippen molar-refractivity contribution in [2.45, 2.75) is 30.0 Å². The molecule has 1 aromatic heterocycles. The van der Waals surface area contributed by atoms with Gasteiger partial charge in [0.15, 0.2) is 10.1 Å². The summed E-state index contributed by atoms with van der Waals surface area (Å²) in [5, 5.41) is 0. The van der Waals surface area contributed by atoms with Crippen LogP contribution in [0.4, 0.5) is 5.69 Å². The summed E-state index contributed by atoms with van der Waals surface area (Å²) >= 11 is 3.27. The maximum atomic E-state index is 12.6. The topological polar surface area (TPSA) is 76.1 Å². The molecule has 0 amide bonds. The van der Waals surface area contributed by atoms with Gasteiger partial charge in [0.1, 0.15) is 0 Å². The third-order valence-corrected chi connectivity index (χ3v) is 7.72. The van der Waals surface area contributed by atoms with E-state index in [4.69, 9.17) is 0 Å². The Morgan fingerprint density at radius 1 is 1.19 bits per heavy atom. The number of rotatable bonds is 7. The van der Waals surface area contributed by atoms with E-state index in [1.807, 2.05) is 6.07 Å². The van der Waals surface area contributed by atoms with Crippen molar-refractivity contribution in [3.8, 4) is 0 Å². The number of ketones is 1. The lowest BCUT2D eigenvalue weighted by Crippen LogP contribution is -2.13. The number of thioether (sulfide) groups is 1. The summed E-state index contributed by atoms with van der Waals surface area (Å²) in [7, 11) is -3.72. The Labute approximate surface area is 167 Å². The smallest absolute Gasteiger partial charge is 0.261 e. The normalized spacial score (nSPS) is 11.9. The van der Waals surface area contributed by atoms with E-state index in [0.717, 1.165) is 20.3 Å². The molecule has 0 aliphatic carbocycles. The maximum absolute atomic E-state index is 12.6. The van der Waals surface area contributed by atoms with Crippen molar-refractivity contribution >= 4 is 54.8 Å². The van der Waals surface area contributed by atoms with E-state index in [1.165, 1.54) is 31.2 Å². The predicted molar refractivity (Wildman–Crippen MR) is 112 cm³/mol. The molecule has 0 saturated heterocycles. The first-order valence-corrected chi connectivity index (χ1v) is 11.7. The fourth-order valence-electron chi connectivity index (χ4n) is 2.35. The van der Waals surface area contributed by atoms with E-state index >= 15 is 0 Å². The summed E-state index contributed by atoms with van der Waals surface area (Å²) in [5.41, 5.74) is 1.83. The number of carbonyl (C=O) groups excluding carboxylic acids is 1. The van der Waals surface area contributed by atoms with Gasteiger partial charge < -0.3 is 0 Å². The third kappa shape index (κ3) is 4.88. The molecule has 8 heteroatoms. The Morgan fingerprint density at radius 3 is 2.52 bits per heavy atom. The molecule has 0 saturated carbocycles. The summed E-state index contributed by atoms with van der Waals surface area (Å²) in [6, 6.07) is 11.2. The summed E-state index contributed by atoms with van der Waals surface area (Å²) in [5.74, 6) is 1.47. The number of nitrogens with one attached hydrogen (secondary N) is 1. The maximum Gasteiger partial charge on any atom is 0.261 e. The van der Waals surface area contributed by atoms with Crippen molar-refractivity contribution in [2.24, 2.45) is 5.92 Å². The lowest BCUT2D eigenvalue weighted by atomic mass is 10.2. The molecule has 0 aliphatic heterocycles. The minimum atomic E-state index is -3.72. The molecule has 3 rings (SSSR count). The van der Waals surface area contributed by atoms with Crippen LogP contribution in [0, 0.1) is 5.92 Å². The molecule has 0 spiro atoms. The van der Waals surface area contributed by atoms with Crippen LogP contribution in [0.2, 0.25) is 0 Å². The van der Waals surface area contributed by atoms with Gasteiger partial charge in [0.05, 0.1) is 20.8 Å². The second-order valence-electron chi connectivity index (χ2n) is 6.55. The van der Waals surface area contributed by atoms with Gasteiger partial charge in [0, 0.05) is 11.3 Å². The Balaban J connectivity index is 1.81. The van der Waals surface area contributed by atoms with Gasteiger partial charge in [0.2, 0.25) is 0 Å². The lowest BCUT2D eigenvalue weighted by Gasteiger charge is -2.08. The monoisotopic (exact) mass is 420 g/mol. The molecular weight excluding hydrogens is 400 g/mol. The van der Waals surface area contributed by atoms with Gasteiger partial charge in [-0.25, -0.2) is 13.4 Å². The van der Waals surface area contributed by atoms with Crippen molar-refractivity contribution in [3.63, 3.8) is 0 Å². The molecule has 142 valence electrons. The van der Waals surface area contributed by atoms with Gasteiger partial charge in [-0.05, 0) is 43.2 Å². The minimum Gasteiger partial charge on any atom is -0.295 e. The van der Waals surface area contributed by atoms with Gasteiger partial charge in [-0.3, -0.25) is 9.52 Å². The highest BCUT2D eigenvalue weighted by Crippen LogP contribution is 2.32. The molecule has 0 unspecified atom stereocenters. The van der Waals surface area contributed by atoms with Crippen molar-refractivity contribution < 1.29 is 13.2 Å². The van der Waals surface area contributed by atoms with Crippen molar-refractivity contribution in [1.82, 2.24) is 4.98 Å². The zero-order valence-electron chi connectivity index (χ0n) is 15.2. The number of nitrogens with zero attached hydrogens (tertiary/aromatic N) is 1. The van der Waals surface area contributed by atoms with E-state index in [2.05, 4.69) is 23.6 Å². The number of benzene rings is 2. The van der Waals surface area contributed by atoms with E-state index in [-0.39, 0.29) is 10.7 Å². The second-order valence-corrected chi connectivity index (χ2v) is 10.5. The van der Waals surface area contributed by atoms with Crippen molar-refractivity contribution in [3.05, 3.63) is 48.0 Å². The van der Waals surface area contributed by atoms with Crippen LogP contribution >= 0.6 is 23.1 Å². The van der Waals surface area contributed by atoms with E-state index in [9.17, 15) is 13.2 Å². The molecule has 5 nitrogen and oxygen atoms in total. The van der Waals surface area contributed by atoms with E-state index < -0.39 is 10.0 Å². The number of hydrogen-bond donors (Lipinski definition) is 1. The molecule has 3 aromatic rings. The standard InChI is InChI=1S/C19H20N2O3S3/c1-12(2)11-25-19-20-17-9-6-15(10-18(17)26-19)21-27(23,24)16-7-4-14(5-8-16)13(3)22/h4-10,12,21H,11H2,1-3H3. The molecule has 0 radical (unpaired) electrons. The van der Waals surface area contributed by atoms with Gasteiger partial charge in [-0.15, -0.1) is 11.3 Å². The van der Waals surface area contributed by atoms with Crippen LogP contribution in [0.15, 0.2) is 51.7 Å². The Kier molecular flexibility index (Phi) is 5.88. The first-order chi connectivity index (χ1) is 12.7. The average Bonchev–Trinajstić information content (AvgIpc) is 3.02. The van der Waals surface area contributed by atoms with Crippen LogP contribution in [0.25, 0.3) is 10.2 Å². The van der Waals surface area contributed by atoms with Crippen molar-refractivity contribution in [2.75, 3.05) is 10.5 Å². The highest BCUT2D eigenvalue weighted by atomic mass is 32.2. The summed E-state index contributed by atoms with van der Waals surface area (Å²) in [6.07, 6.45) is 0. The average molecular weight is 421 g/mol. The van der Waals surface area contributed by atoms with Gasteiger partial charge >= 0.3 is 0 Å². The summed E-state index contributed by atoms with van der Waals surface area (Å²) in [6.45, 7) is 5.77. The van der Waals surface area contributed by atoms with E-state index in [1.54, 1.807) is 35.2 Å². The van der Waals surface area contributed by atoms with Crippen LogP contribution in [-0.2, 0) is 10.0 Å². The first kappa shape index (κ1) is 19.9. The van der Waals surface area contributed by atoms with Gasteiger partial charge in [-0.2, -0.15) is 0 Å². The quantitative estimate of drug-likeness (QED) is 0.428. The van der Waals surface area contributed by atoms with Crippen molar-refractivity contribution in [1.29, 1.82) is 0 Å². The number of fused-ring (bicyclic) bond motifs is 1. The summed E-state index contributed by atoms with van der Waals surface area (Å²) < 4.78 is 29.7. The largest absolute Gasteiger partial charge is 0.295 e. The highest BCUT2D eigenvalue weighted by molar-refractivity contribution is 8.01.